The van der Waals surface area contributed by atoms with E-state index in [1.165, 1.54) is 0 Å². The number of hydrogen-bond donors (Lipinski definition) is 1. The maximum Gasteiger partial charge on any atom is 0.410 e. The lowest BCUT2D eigenvalue weighted by Crippen LogP contribution is -2.39. The van der Waals surface area contributed by atoms with Crippen LogP contribution in [0.5, 0.6) is 0 Å². The van der Waals surface area contributed by atoms with Gasteiger partial charge in [-0.1, -0.05) is 12.1 Å². The van der Waals surface area contributed by atoms with Crippen molar-refractivity contribution in [3.63, 3.8) is 0 Å². The number of carbonyl (C=O) groups is 2. The zero-order valence-electron chi connectivity index (χ0n) is 15.3. The van der Waals surface area contributed by atoms with Gasteiger partial charge in [-0.15, -0.1) is 0 Å². The summed E-state index contributed by atoms with van der Waals surface area (Å²) in [6, 6.07) is 3.10. The third-order valence-electron chi connectivity index (χ3n) is 4.26. The summed E-state index contributed by atoms with van der Waals surface area (Å²) in [7, 11) is 0. The molecule has 0 unspecified atom stereocenters. The van der Waals surface area contributed by atoms with Gasteiger partial charge in [0.25, 0.3) is 5.91 Å². The Morgan fingerprint density at radius 1 is 1.35 bits per heavy atom. The highest BCUT2D eigenvalue weighted by molar-refractivity contribution is 5.93. The molecule has 0 bridgehead atoms. The van der Waals surface area contributed by atoms with Crippen LogP contribution in [0, 0.1) is 0 Å². The zero-order chi connectivity index (χ0) is 18.9. The van der Waals surface area contributed by atoms with Gasteiger partial charge in [0.2, 0.25) is 0 Å². The molecular weight excluding hydrogens is 337 g/mol. The average molecular weight is 361 g/mol. The smallest absolute Gasteiger partial charge is 0.410 e. The van der Waals surface area contributed by atoms with Gasteiger partial charge in [-0.3, -0.25) is 9.78 Å². The predicted octanol–water partition coefficient (Wildman–Crippen LogP) is 2.95. The van der Waals surface area contributed by atoms with Crippen LogP contribution in [0.2, 0.25) is 0 Å². The maximum atomic E-state index is 12.9. The molecule has 1 aromatic rings. The van der Waals surface area contributed by atoms with Crippen molar-refractivity contribution in [2.24, 2.45) is 0 Å². The van der Waals surface area contributed by atoms with Gasteiger partial charge in [-0.25, -0.2) is 9.18 Å². The van der Waals surface area contributed by atoms with Crippen molar-refractivity contribution in [2.45, 2.75) is 51.4 Å². The van der Waals surface area contributed by atoms with Crippen molar-refractivity contribution in [3.8, 4) is 0 Å². The summed E-state index contributed by atoms with van der Waals surface area (Å²) in [5.41, 5.74) is 1.76. The van der Waals surface area contributed by atoms with Crippen molar-refractivity contribution in [1.82, 2.24) is 15.2 Å². The summed E-state index contributed by atoms with van der Waals surface area (Å²) in [5, 5.41) is 2.61. The van der Waals surface area contributed by atoms with E-state index in [2.05, 4.69) is 10.3 Å². The third-order valence-corrected chi connectivity index (χ3v) is 4.26. The average Bonchev–Trinajstić information content (AvgIpc) is 3.28. The number of carbonyl (C=O) groups excluding carboxylic acids is 2. The Morgan fingerprint density at radius 3 is 2.58 bits per heavy atom. The van der Waals surface area contributed by atoms with Gasteiger partial charge in [0.05, 0.1) is 6.04 Å². The van der Waals surface area contributed by atoms with Gasteiger partial charge in [0.1, 0.15) is 17.5 Å². The Labute approximate surface area is 152 Å². The number of nitrogens with zero attached hydrogens (tertiary/aromatic N) is 2. The zero-order valence-corrected chi connectivity index (χ0v) is 15.3. The molecular formula is C19H24FN3O3. The minimum Gasteiger partial charge on any atom is -0.444 e. The van der Waals surface area contributed by atoms with Crippen LogP contribution < -0.4 is 5.32 Å². The molecule has 1 saturated carbocycles. The Hall–Kier alpha value is -2.44. The Morgan fingerprint density at radius 2 is 2.08 bits per heavy atom. The lowest BCUT2D eigenvalue weighted by molar-refractivity contribution is 0.0270. The topological polar surface area (TPSA) is 71.5 Å². The molecule has 140 valence electrons. The number of nitrogens with one attached hydrogen (secondary N) is 1. The van der Waals surface area contributed by atoms with E-state index in [-0.39, 0.29) is 23.7 Å². The van der Waals surface area contributed by atoms with E-state index >= 15 is 0 Å². The number of ether oxygens (including phenoxy) is 1. The molecule has 0 radical (unpaired) electrons. The van der Waals surface area contributed by atoms with Crippen molar-refractivity contribution < 1.29 is 18.7 Å². The minimum absolute atomic E-state index is 0.277. The molecule has 1 aliphatic heterocycles. The quantitative estimate of drug-likeness (QED) is 0.898. The first kappa shape index (κ1) is 18.4. The number of alkyl halides is 1. The van der Waals surface area contributed by atoms with E-state index in [1.54, 1.807) is 17.2 Å². The van der Waals surface area contributed by atoms with E-state index in [9.17, 15) is 14.0 Å². The van der Waals surface area contributed by atoms with Gasteiger partial charge < -0.3 is 15.0 Å². The highest BCUT2D eigenvalue weighted by atomic mass is 19.1. The molecule has 0 saturated heterocycles. The fourth-order valence-corrected chi connectivity index (χ4v) is 2.70. The summed E-state index contributed by atoms with van der Waals surface area (Å²) < 4.78 is 18.2. The van der Waals surface area contributed by atoms with Crippen molar-refractivity contribution >= 4 is 17.6 Å². The predicted molar refractivity (Wildman–Crippen MR) is 95.4 cm³/mol. The van der Waals surface area contributed by atoms with Gasteiger partial charge in [0.15, 0.2) is 0 Å². The third kappa shape index (κ3) is 4.59. The number of halogens is 1. The second-order valence-corrected chi connectivity index (χ2v) is 7.67. The number of pyridine rings is 1. The molecule has 6 nitrogen and oxygen atoms in total. The number of hydrogen-bond acceptors (Lipinski definition) is 4. The fraction of sp³-hybridized carbons (Fsp3) is 0.526. The summed E-state index contributed by atoms with van der Waals surface area (Å²) in [5.74, 6) is -0.351. The highest BCUT2D eigenvalue weighted by Gasteiger charge is 2.39. The van der Waals surface area contributed by atoms with Crippen LogP contribution in [0.3, 0.4) is 0 Å². The maximum absolute atomic E-state index is 12.9. The monoisotopic (exact) mass is 361 g/mol. The van der Waals surface area contributed by atoms with Gasteiger partial charge >= 0.3 is 6.09 Å². The molecule has 1 aromatic heterocycles. The molecule has 0 spiro atoms. The highest BCUT2D eigenvalue weighted by Crippen LogP contribution is 2.26. The Balaban J connectivity index is 1.58. The van der Waals surface area contributed by atoms with Crippen LogP contribution in [0.4, 0.5) is 9.18 Å². The van der Waals surface area contributed by atoms with E-state index in [1.807, 2.05) is 32.9 Å². The molecule has 1 fully saturated rings. The molecule has 2 atom stereocenters. The van der Waals surface area contributed by atoms with E-state index in [0.717, 1.165) is 11.1 Å². The van der Waals surface area contributed by atoms with E-state index < -0.39 is 11.8 Å². The number of amides is 2. The second-order valence-electron chi connectivity index (χ2n) is 7.67. The van der Waals surface area contributed by atoms with Crippen LogP contribution in [0.15, 0.2) is 24.4 Å². The summed E-state index contributed by atoms with van der Waals surface area (Å²) >= 11 is 0. The number of rotatable bonds is 3. The summed E-state index contributed by atoms with van der Waals surface area (Å²) in [6.07, 6.45) is 3.44. The molecule has 1 N–H and O–H groups in total. The first-order valence-electron chi connectivity index (χ1n) is 8.81. The van der Waals surface area contributed by atoms with Gasteiger partial charge in [0, 0.05) is 25.7 Å². The van der Waals surface area contributed by atoms with Crippen LogP contribution in [0.1, 0.15) is 49.7 Å². The van der Waals surface area contributed by atoms with Crippen molar-refractivity contribution in [2.75, 3.05) is 13.1 Å². The molecule has 1 aliphatic carbocycles. The van der Waals surface area contributed by atoms with E-state index in [0.29, 0.717) is 25.9 Å². The molecule has 7 heteroatoms. The largest absolute Gasteiger partial charge is 0.444 e. The molecule has 0 aromatic carbocycles. The van der Waals surface area contributed by atoms with Gasteiger partial charge in [-0.05, 0) is 44.4 Å². The first-order chi connectivity index (χ1) is 12.2. The number of aromatic nitrogens is 1. The molecule has 3 rings (SSSR count). The Kier molecular flexibility index (Phi) is 4.98. The lowest BCUT2D eigenvalue weighted by Gasteiger charge is -2.29. The van der Waals surface area contributed by atoms with E-state index in [4.69, 9.17) is 4.74 Å². The van der Waals surface area contributed by atoms with Crippen LogP contribution in [0.25, 0.3) is 5.57 Å². The molecule has 2 amide bonds. The fourth-order valence-electron chi connectivity index (χ4n) is 2.70. The van der Waals surface area contributed by atoms with Crippen LogP contribution >= 0.6 is 0 Å². The normalized spacial score (nSPS) is 22.5. The second kappa shape index (κ2) is 7.05. The molecule has 26 heavy (non-hydrogen) atoms. The molecule has 2 aliphatic rings. The first-order valence-corrected chi connectivity index (χ1v) is 8.81. The minimum atomic E-state index is -0.932. The molecule has 2 heterocycles. The summed E-state index contributed by atoms with van der Waals surface area (Å²) in [6.45, 7) is 6.58. The van der Waals surface area contributed by atoms with Crippen LogP contribution in [-0.2, 0) is 4.74 Å². The van der Waals surface area contributed by atoms with Crippen molar-refractivity contribution in [3.05, 3.63) is 35.7 Å². The standard InChI is InChI=1S/C19H24FN3O3/c1-19(2,3)26-18(25)23-8-6-12(7-9-23)13-4-5-15(21-11-13)17(24)22-16-10-14(16)20/h4-6,11,14,16H,7-10H2,1-3H3,(H,22,24)/t14-,16+/m0/s1. The van der Waals surface area contributed by atoms with Crippen molar-refractivity contribution in [1.29, 1.82) is 0 Å². The summed E-state index contributed by atoms with van der Waals surface area (Å²) in [4.78, 5) is 29.9. The van der Waals surface area contributed by atoms with Gasteiger partial charge in [-0.2, -0.15) is 0 Å². The SMILES string of the molecule is CC(C)(C)OC(=O)N1CC=C(c2ccc(C(=O)N[C@@H]3C[C@@H]3F)nc2)CC1. The lowest BCUT2D eigenvalue weighted by atomic mass is 10.0. The van der Waals surface area contributed by atoms with Crippen LogP contribution in [-0.4, -0.2) is 52.8 Å². The Bertz CT molecular complexity index is 725.